The Morgan fingerprint density at radius 1 is 1.19 bits per heavy atom. The number of benzene rings is 1. The largest absolute Gasteiger partial charge is 0.269 e. The molecule has 0 radical (unpaired) electrons. The summed E-state index contributed by atoms with van der Waals surface area (Å²) in [5.74, 6) is 0. The van der Waals surface area contributed by atoms with Gasteiger partial charge in [0.1, 0.15) is 0 Å². The molecule has 7 heteroatoms. The quantitative estimate of drug-likeness (QED) is 0.826. The van der Waals surface area contributed by atoms with Crippen molar-refractivity contribution in [2.45, 2.75) is 50.0 Å². The van der Waals surface area contributed by atoms with Crippen LogP contribution in [0.3, 0.4) is 0 Å². The van der Waals surface area contributed by atoms with Crippen molar-refractivity contribution >= 4 is 10.0 Å². The average molecular weight is 372 g/mol. The fourth-order valence-corrected chi connectivity index (χ4v) is 4.71. The van der Waals surface area contributed by atoms with E-state index in [0.717, 1.165) is 24.0 Å². The van der Waals surface area contributed by atoms with Crippen molar-refractivity contribution in [2.24, 2.45) is 0 Å². The van der Waals surface area contributed by atoms with Crippen molar-refractivity contribution in [1.82, 2.24) is 14.1 Å². The second kappa shape index (κ2) is 6.86. The van der Waals surface area contributed by atoms with Crippen LogP contribution < -0.4 is 0 Å². The molecule has 2 aromatic rings. The minimum Gasteiger partial charge on any atom is -0.269 e. The molecule has 0 bridgehead atoms. The molecule has 1 aromatic carbocycles. The third kappa shape index (κ3) is 3.53. The van der Waals surface area contributed by atoms with Crippen LogP contribution >= 0.6 is 0 Å². The number of hydrogen-bond donors (Lipinski definition) is 0. The van der Waals surface area contributed by atoms with Crippen LogP contribution in [0.5, 0.6) is 0 Å². The van der Waals surface area contributed by atoms with Gasteiger partial charge >= 0.3 is 0 Å². The maximum atomic E-state index is 12.9. The van der Waals surface area contributed by atoms with Gasteiger partial charge in [-0.15, -0.1) is 0 Å². The van der Waals surface area contributed by atoms with Gasteiger partial charge in [0.15, 0.2) is 0 Å². The van der Waals surface area contributed by atoms with Crippen molar-refractivity contribution in [3.63, 3.8) is 0 Å². The van der Waals surface area contributed by atoms with Gasteiger partial charge in [0.2, 0.25) is 10.0 Å². The summed E-state index contributed by atoms with van der Waals surface area (Å²) in [6, 6.07) is 9.15. The number of nitrogens with zero attached hydrogens (tertiary/aromatic N) is 4. The minimum absolute atomic E-state index is 0.244. The summed E-state index contributed by atoms with van der Waals surface area (Å²) in [5.41, 5.74) is 1.29. The Bertz CT molecular complexity index is 915. The number of nitriles is 1. The summed E-state index contributed by atoms with van der Waals surface area (Å²) < 4.78 is 29.3. The summed E-state index contributed by atoms with van der Waals surface area (Å²) in [6.07, 6.45) is 5.33. The first-order valence-electron chi connectivity index (χ1n) is 8.77. The fourth-order valence-electron chi connectivity index (χ4n) is 3.24. The first kappa shape index (κ1) is 18.6. The van der Waals surface area contributed by atoms with Crippen molar-refractivity contribution in [3.8, 4) is 6.07 Å². The topological polar surface area (TPSA) is 79.0 Å². The lowest BCUT2D eigenvalue weighted by atomic mass is 9.87. The van der Waals surface area contributed by atoms with Gasteiger partial charge in [0.25, 0.3) is 0 Å². The maximum absolute atomic E-state index is 12.9. The molecule has 1 aliphatic rings. The van der Waals surface area contributed by atoms with Gasteiger partial charge in [-0.3, -0.25) is 4.68 Å². The van der Waals surface area contributed by atoms with Crippen LogP contribution in [0.2, 0.25) is 0 Å². The molecule has 0 saturated carbocycles. The summed E-state index contributed by atoms with van der Waals surface area (Å²) in [5, 5.41) is 13.6. The van der Waals surface area contributed by atoms with Crippen molar-refractivity contribution in [3.05, 3.63) is 47.8 Å². The van der Waals surface area contributed by atoms with Gasteiger partial charge in [-0.1, -0.05) is 12.1 Å². The molecule has 0 atom stereocenters. The molecule has 1 aliphatic heterocycles. The number of sulfonamides is 1. The molecule has 0 spiro atoms. The highest BCUT2D eigenvalue weighted by molar-refractivity contribution is 7.89. The third-order valence-corrected chi connectivity index (χ3v) is 6.93. The monoisotopic (exact) mass is 372 g/mol. The average Bonchev–Trinajstić information content (AvgIpc) is 3.08. The Hall–Kier alpha value is -2.17. The van der Waals surface area contributed by atoms with Crippen LogP contribution in [-0.2, 0) is 15.4 Å². The molecule has 3 rings (SSSR count). The number of aromatic nitrogens is 2. The zero-order valence-corrected chi connectivity index (χ0v) is 16.2. The van der Waals surface area contributed by atoms with E-state index in [4.69, 9.17) is 0 Å². The maximum Gasteiger partial charge on any atom is 0.243 e. The fraction of sp³-hybridized carbons (Fsp3) is 0.474. The first-order valence-corrected chi connectivity index (χ1v) is 10.2. The van der Waals surface area contributed by atoms with E-state index in [0.29, 0.717) is 13.1 Å². The molecule has 1 fully saturated rings. The zero-order valence-electron chi connectivity index (χ0n) is 15.4. The Labute approximate surface area is 155 Å². The Kier molecular flexibility index (Phi) is 4.91. The number of hydrogen-bond acceptors (Lipinski definition) is 4. The highest BCUT2D eigenvalue weighted by Crippen LogP contribution is 2.28. The molecule has 0 amide bonds. The lowest BCUT2D eigenvalue weighted by molar-refractivity contribution is 0.261. The smallest absolute Gasteiger partial charge is 0.243 e. The first-order chi connectivity index (χ1) is 12.2. The molecule has 1 saturated heterocycles. The van der Waals surface area contributed by atoms with E-state index in [9.17, 15) is 13.7 Å². The lowest BCUT2D eigenvalue weighted by Crippen LogP contribution is -2.39. The van der Waals surface area contributed by atoms with E-state index in [-0.39, 0.29) is 10.9 Å². The highest BCUT2D eigenvalue weighted by Gasteiger charge is 2.30. The number of aryl methyl sites for hydroxylation is 1. The second-order valence-corrected chi connectivity index (χ2v) is 9.33. The van der Waals surface area contributed by atoms with E-state index in [2.05, 4.69) is 11.2 Å². The summed E-state index contributed by atoms with van der Waals surface area (Å²) in [4.78, 5) is 0.281. The van der Waals surface area contributed by atoms with E-state index in [1.54, 1.807) is 28.6 Å². The number of rotatable bonds is 4. The summed E-state index contributed by atoms with van der Waals surface area (Å²) in [7, 11) is -3.51. The van der Waals surface area contributed by atoms with Crippen molar-refractivity contribution < 1.29 is 8.42 Å². The van der Waals surface area contributed by atoms with Gasteiger partial charge in [0, 0.05) is 19.3 Å². The SMILES string of the molecule is Cc1cnn(C2CCN(S(=O)(=O)c3ccc(C(C)(C)C#N)cc3)CC2)c1. The lowest BCUT2D eigenvalue weighted by Gasteiger charge is -2.31. The van der Waals surface area contributed by atoms with Crippen molar-refractivity contribution in [2.75, 3.05) is 13.1 Å². The van der Waals surface area contributed by atoms with Crippen LogP contribution in [0.1, 0.15) is 43.9 Å². The van der Waals surface area contributed by atoms with Crippen LogP contribution in [0.25, 0.3) is 0 Å². The standard InChI is InChI=1S/C19H24N4O2S/c1-15-12-21-23(13-15)17-8-10-22(11-9-17)26(24,25)18-6-4-16(5-7-18)19(2,3)14-20/h4-7,12-13,17H,8-11H2,1-3H3. The third-order valence-electron chi connectivity index (χ3n) is 5.02. The molecule has 26 heavy (non-hydrogen) atoms. The molecule has 0 unspecified atom stereocenters. The van der Waals surface area contributed by atoms with E-state index < -0.39 is 15.4 Å². The molecule has 2 heterocycles. The second-order valence-electron chi connectivity index (χ2n) is 7.39. The molecule has 1 aromatic heterocycles. The Balaban J connectivity index is 1.72. The molecular formula is C19H24N4O2S. The molecule has 0 N–H and O–H groups in total. The minimum atomic E-state index is -3.51. The van der Waals surface area contributed by atoms with Crippen LogP contribution in [0.4, 0.5) is 0 Å². The zero-order chi connectivity index (χ0) is 18.9. The molecule has 6 nitrogen and oxygen atoms in total. The van der Waals surface area contributed by atoms with Gasteiger partial charge < -0.3 is 0 Å². The van der Waals surface area contributed by atoms with Crippen molar-refractivity contribution in [1.29, 1.82) is 5.26 Å². The summed E-state index contributed by atoms with van der Waals surface area (Å²) in [6.45, 7) is 6.60. The molecule has 138 valence electrons. The summed E-state index contributed by atoms with van der Waals surface area (Å²) >= 11 is 0. The Morgan fingerprint density at radius 2 is 1.81 bits per heavy atom. The van der Waals surface area contributed by atoms with E-state index in [1.807, 2.05) is 37.8 Å². The number of piperidine rings is 1. The van der Waals surface area contributed by atoms with Gasteiger partial charge in [-0.05, 0) is 56.9 Å². The predicted octanol–water partition coefficient (Wildman–Crippen LogP) is 3.02. The molecular weight excluding hydrogens is 348 g/mol. The van der Waals surface area contributed by atoms with E-state index >= 15 is 0 Å². The van der Waals surface area contributed by atoms with Crippen LogP contribution in [-0.4, -0.2) is 35.6 Å². The van der Waals surface area contributed by atoms with Gasteiger partial charge in [-0.2, -0.15) is 14.7 Å². The van der Waals surface area contributed by atoms with Crippen LogP contribution in [0, 0.1) is 18.3 Å². The van der Waals surface area contributed by atoms with E-state index in [1.165, 1.54) is 0 Å². The predicted molar refractivity (Wildman–Crippen MR) is 99.1 cm³/mol. The van der Waals surface area contributed by atoms with Crippen LogP contribution in [0.15, 0.2) is 41.6 Å². The van der Waals surface area contributed by atoms with Gasteiger partial charge in [-0.25, -0.2) is 8.42 Å². The Morgan fingerprint density at radius 3 is 2.31 bits per heavy atom. The van der Waals surface area contributed by atoms with Gasteiger partial charge in [0.05, 0.1) is 28.6 Å². The highest BCUT2D eigenvalue weighted by atomic mass is 32.2. The molecule has 0 aliphatic carbocycles. The normalized spacial score (nSPS) is 17.2.